The molecular formula is C14H13N5O2S. The van der Waals surface area contributed by atoms with Crippen molar-refractivity contribution in [2.24, 2.45) is 4.99 Å². The van der Waals surface area contributed by atoms with Gasteiger partial charge < -0.3 is 5.32 Å². The van der Waals surface area contributed by atoms with E-state index in [1.54, 1.807) is 24.3 Å². The summed E-state index contributed by atoms with van der Waals surface area (Å²) in [5, 5.41) is 20.0. The molecule has 1 aromatic rings. The molecule has 2 N–H and O–H groups in total. The van der Waals surface area contributed by atoms with E-state index in [4.69, 9.17) is 10.5 Å². The maximum atomic E-state index is 12.3. The predicted molar refractivity (Wildman–Crippen MR) is 81.2 cm³/mol. The molecule has 1 aliphatic rings. The Labute approximate surface area is 128 Å². The van der Waals surface area contributed by atoms with Gasteiger partial charge in [-0.25, -0.2) is 8.42 Å². The number of allylic oxidation sites excluding steroid dienone is 1. The normalized spacial score (nSPS) is 13.5. The first-order valence-electron chi connectivity index (χ1n) is 6.48. The topological polar surface area (TPSA) is 118 Å². The standard InChI is InChI=1S/C14H13N5O2S/c15-8-11(9-16)10-18-12-3-1-4-13(7-12)22(20,21)19-14-5-2-6-17-14/h1,3-4,7,10,18H,2,5-6H2,(H,17,19). The van der Waals surface area contributed by atoms with Crippen LogP contribution in [0.2, 0.25) is 0 Å². The van der Waals surface area contributed by atoms with Crippen LogP contribution in [0.4, 0.5) is 5.69 Å². The van der Waals surface area contributed by atoms with Gasteiger partial charge in [0.25, 0.3) is 10.0 Å². The van der Waals surface area contributed by atoms with Crippen LogP contribution in [0.5, 0.6) is 0 Å². The number of sulfonamides is 1. The van der Waals surface area contributed by atoms with E-state index in [1.807, 2.05) is 0 Å². The van der Waals surface area contributed by atoms with E-state index >= 15 is 0 Å². The number of aliphatic imine (C=N–C) groups is 1. The van der Waals surface area contributed by atoms with Crippen LogP contribution in [0, 0.1) is 22.7 Å². The van der Waals surface area contributed by atoms with Crippen LogP contribution in [0.15, 0.2) is 45.9 Å². The molecule has 0 saturated heterocycles. The molecule has 0 unspecified atom stereocenters. The van der Waals surface area contributed by atoms with Crippen molar-refractivity contribution in [1.82, 2.24) is 4.72 Å². The SMILES string of the molecule is N#CC(C#N)=CNc1cccc(S(=O)(=O)NC2=NCCC2)c1. The number of nitrogens with zero attached hydrogens (tertiary/aromatic N) is 3. The van der Waals surface area contributed by atoms with E-state index in [2.05, 4.69) is 15.0 Å². The molecule has 0 spiro atoms. The van der Waals surface area contributed by atoms with Gasteiger partial charge >= 0.3 is 0 Å². The van der Waals surface area contributed by atoms with Crippen LogP contribution in [0.1, 0.15) is 12.8 Å². The van der Waals surface area contributed by atoms with Crippen molar-refractivity contribution in [1.29, 1.82) is 10.5 Å². The maximum absolute atomic E-state index is 12.3. The molecule has 2 rings (SSSR count). The van der Waals surface area contributed by atoms with Crippen molar-refractivity contribution in [3.8, 4) is 12.1 Å². The summed E-state index contributed by atoms with van der Waals surface area (Å²) in [6.07, 6.45) is 2.68. The number of nitrogens with one attached hydrogen (secondary N) is 2. The molecule has 1 aromatic carbocycles. The van der Waals surface area contributed by atoms with Crippen LogP contribution >= 0.6 is 0 Å². The third-order valence-corrected chi connectivity index (χ3v) is 4.27. The summed E-state index contributed by atoms with van der Waals surface area (Å²) in [6.45, 7) is 0.634. The zero-order valence-corrected chi connectivity index (χ0v) is 12.4. The van der Waals surface area contributed by atoms with Gasteiger partial charge in [0, 0.05) is 24.9 Å². The summed E-state index contributed by atoms with van der Waals surface area (Å²) < 4.78 is 27.0. The molecule has 22 heavy (non-hydrogen) atoms. The molecule has 0 aliphatic carbocycles. The van der Waals surface area contributed by atoms with E-state index in [9.17, 15) is 8.42 Å². The fourth-order valence-corrected chi connectivity index (χ4v) is 2.97. The van der Waals surface area contributed by atoms with Crippen molar-refractivity contribution >= 4 is 21.5 Å². The Morgan fingerprint density at radius 2 is 2.09 bits per heavy atom. The Kier molecular flexibility index (Phi) is 4.77. The second-order valence-corrected chi connectivity index (χ2v) is 6.17. The number of benzene rings is 1. The zero-order valence-electron chi connectivity index (χ0n) is 11.6. The van der Waals surface area contributed by atoms with Gasteiger partial charge in [0.05, 0.1) is 4.90 Å². The number of hydrogen-bond donors (Lipinski definition) is 2. The summed E-state index contributed by atoms with van der Waals surface area (Å²) in [5.74, 6) is 0.467. The molecule has 0 fully saturated rings. The highest BCUT2D eigenvalue weighted by atomic mass is 32.2. The highest BCUT2D eigenvalue weighted by Crippen LogP contribution is 2.16. The summed E-state index contributed by atoms with van der Waals surface area (Å²) in [5.41, 5.74) is 0.353. The fourth-order valence-electron chi connectivity index (χ4n) is 1.83. The molecule has 0 atom stereocenters. The monoisotopic (exact) mass is 315 g/mol. The second kappa shape index (κ2) is 6.74. The number of amidine groups is 1. The molecule has 1 heterocycles. The Morgan fingerprint density at radius 3 is 2.73 bits per heavy atom. The average Bonchev–Trinajstić information content (AvgIpc) is 3.01. The van der Waals surface area contributed by atoms with Gasteiger partial charge in [-0.15, -0.1) is 0 Å². The van der Waals surface area contributed by atoms with Crippen molar-refractivity contribution in [3.63, 3.8) is 0 Å². The van der Waals surface area contributed by atoms with E-state index in [0.29, 0.717) is 24.5 Å². The van der Waals surface area contributed by atoms with Gasteiger partial charge in [0.15, 0.2) is 0 Å². The van der Waals surface area contributed by atoms with E-state index < -0.39 is 10.0 Å². The van der Waals surface area contributed by atoms with Crippen LogP contribution in [-0.2, 0) is 10.0 Å². The lowest BCUT2D eigenvalue weighted by molar-refractivity contribution is 0.592. The molecule has 0 amide bonds. The Balaban J connectivity index is 2.19. The van der Waals surface area contributed by atoms with Gasteiger partial charge in [0.2, 0.25) is 0 Å². The van der Waals surface area contributed by atoms with E-state index in [-0.39, 0.29) is 10.5 Å². The van der Waals surface area contributed by atoms with Crippen molar-refractivity contribution in [2.75, 3.05) is 11.9 Å². The van der Waals surface area contributed by atoms with Crippen LogP contribution in [0.3, 0.4) is 0 Å². The number of nitriles is 2. The van der Waals surface area contributed by atoms with Gasteiger partial charge in [-0.2, -0.15) is 10.5 Å². The van der Waals surface area contributed by atoms with Gasteiger partial charge in [-0.1, -0.05) is 6.07 Å². The molecule has 0 radical (unpaired) electrons. The van der Waals surface area contributed by atoms with E-state index in [0.717, 1.165) is 6.42 Å². The van der Waals surface area contributed by atoms with E-state index in [1.165, 1.54) is 18.3 Å². The molecule has 0 aromatic heterocycles. The smallest absolute Gasteiger partial charge is 0.262 e. The lowest BCUT2D eigenvalue weighted by Gasteiger charge is -2.09. The first-order chi connectivity index (χ1) is 10.5. The second-order valence-electron chi connectivity index (χ2n) is 4.49. The molecule has 112 valence electrons. The molecular weight excluding hydrogens is 302 g/mol. The zero-order chi connectivity index (χ0) is 16.0. The van der Waals surface area contributed by atoms with Crippen molar-refractivity contribution < 1.29 is 8.42 Å². The fraction of sp³-hybridized carbons (Fsp3) is 0.214. The van der Waals surface area contributed by atoms with Gasteiger partial charge in [-0.3, -0.25) is 9.71 Å². The third kappa shape index (κ3) is 3.84. The minimum absolute atomic E-state index is 0.0796. The molecule has 7 nitrogen and oxygen atoms in total. The number of rotatable bonds is 4. The lowest BCUT2D eigenvalue weighted by atomic mass is 10.3. The minimum atomic E-state index is -3.69. The quantitative estimate of drug-likeness (QED) is 0.816. The predicted octanol–water partition coefficient (Wildman–Crippen LogP) is 1.50. The molecule has 0 bridgehead atoms. The lowest BCUT2D eigenvalue weighted by Crippen LogP contribution is -2.29. The van der Waals surface area contributed by atoms with Crippen LogP contribution in [0.25, 0.3) is 0 Å². The summed E-state index contributed by atoms with van der Waals surface area (Å²) in [6, 6.07) is 9.49. The summed E-state index contributed by atoms with van der Waals surface area (Å²) in [7, 11) is -3.69. The van der Waals surface area contributed by atoms with Crippen LogP contribution in [-0.4, -0.2) is 20.8 Å². The largest absolute Gasteiger partial charge is 0.360 e. The third-order valence-electron chi connectivity index (χ3n) is 2.89. The van der Waals surface area contributed by atoms with Gasteiger partial charge in [-0.05, 0) is 24.6 Å². The molecule has 0 saturated carbocycles. The van der Waals surface area contributed by atoms with Crippen LogP contribution < -0.4 is 10.0 Å². The number of anilines is 1. The average molecular weight is 315 g/mol. The Bertz CT molecular complexity index is 796. The summed E-state index contributed by atoms with van der Waals surface area (Å²) in [4.78, 5) is 4.16. The van der Waals surface area contributed by atoms with Crippen molar-refractivity contribution in [3.05, 3.63) is 36.0 Å². The summed E-state index contributed by atoms with van der Waals surface area (Å²) >= 11 is 0. The number of hydrogen-bond acceptors (Lipinski definition) is 6. The highest BCUT2D eigenvalue weighted by Gasteiger charge is 2.18. The van der Waals surface area contributed by atoms with Crippen molar-refractivity contribution in [2.45, 2.75) is 17.7 Å². The first kappa shape index (κ1) is 15.5. The Hall–Kier alpha value is -2.84. The molecule has 8 heteroatoms. The molecule has 1 aliphatic heterocycles. The van der Waals surface area contributed by atoms with Gasteiger partial charge in [0.1, 0.15) is 23.5 Å². The Morgan fingerprint density at radius 1 is 1.32 bits per heavy atom. The first-order valence-corrected chi connectivity index (χ1v) is 7.96. The maximum Gasteiger partial charge on any atom is 0.262 e. The highest BCUT2D eigenvalue weighted by molar-refractivity contribution is 7.90. The minimum Gasteiger partial charge on any atom is -0.360 e.